The first kappa shape index (κ1) is 12.6. The van der Waals surface area contributed by atoms with Gasteiger partial charge in [0.1, 0.15) is 5.56 Å². The van der Waals surface area contributed by atoms with Crippen molar-refractivity contribution >= 4 is 23.4 Å². The van der Waals surface area contributed by atoms with E-state index in [1.54, 1.807) is 0 Å². The van der Waals surface area contributed by atoms with Crippen molar-refractivity contribution in [3.8, 4) is 11.5 Å². The van der Waals surface area contributed by atoms with Crippen LogP contribution in [-0.2, 0) is 9.53 Å². The van der Waals surface area contributed by atoms with Crippen molar-refractivity contribution in [2.24, 2.45) is 0 Å². The van der Waals surface area contributed by atoms with Gasteiger partial charge in [0, 0.05) is 6.07 Å². The van der Waals surface area contributed by atoms with E-state index in [1.807, 2.05) is 0 Å². The molecule has 0 unspecified atom stereocenters. The smallest absolute Gasteiger partial charge is 0.379 e. The van der Waals surface area contributed by atoms with Gasteiger partial charge in [-0.2, -0.15) is 0 Å². The molecule has 1 aromatic rings. The van der Waals surface area contributed by atoms with Crippen molar-refractivity contribution in [2.45, 2.75) is 6.92 Å². The van der Waals surface area contributed by atoms with Crippen LogP contribution in [0.15, 0.2) is 6.07 Å². The summed E-state index contributed by atoms with van der Waals surface area (Å²) in [6, 6.07) is 1.18. The monoisotopic (exact) mass is 274 g/mol. The number of Topliss-reactive ketones (excluding diaryl/α,β-unsaturated/α-hetero) is 1. The molecule has 0 saturated carbocycles. The first-order valence-corrected chi connectivity index (χ1v) is 5.43. The summed E-state index contributed by atoms with van der Waals surface area (Å²) in [6.45, 7) is 1.37. The van der Waals surface area contributed by atoms with Crippen LogP contribution in [0.4, 0.5) is 4.39 Å². The maximum Gasteiger partial charge on any atom is 0.379 e. The number of hydrogen-bond donors (Lipinski definition) is 0. The second kappa shape index (κ2) is 4.81. The number of carbonyl (C=O) groups excluding carboxylic acids is 2. The van der Waals surface area contributed by atoms with Gasteiger partial charge in [-0.1, -0.05) is 11.6 Å². The van der Waals surface area contributed by atoms with Gasteiger partial charge in [-0.25, -0.2) is 9.18 Å². The number of fused-ring (bicyclic) bond motifs is 1. The highest BCUT2D eigenvalue weighted by atomic mass is 35.5. The molecule has 1 heterocycles. The minimum atomic E-state index is -1.17. The molecule has 5 nitrogen and oxygen atoms in total. The van der Waals surface area contributed by atoms with Gasteiger partial charge in [0.05, 0.1) is 11.6 Å². The van der Waals surface area contributed by atoms with E-state index in [9.17, 15) is 14.0 Å². The molecule has 0 amide bonds. The lowest BCUT2D eigenvalue weighted by molar-refractivity contribution is -0.137. The standard InChI is InChI=1S/C11H8ClFO5/c1-2-16-11(15)9(14)7-8(13)5(12)3-6-10(7)18-4-17-6/h3H,2,4H2,1H3. The Kier molecular flexibility index (Phi) is 3.38. The first-order valence-electron chi connectivity index (χ1n) is 5.05. The van der Waals surface area contributed by atoms with E-state index in [2.05, 4.69) is 4.74 Å². The Balaban J connectivity index is 2.50. The van der Waals surface area contributed by atoms with Crippen LogP contribution in [0.1, 0.15) is 17.3 Å². The highest BCUT2D eigenvalue weighted by Gasteiger charge is 2.32. The molecule has 0 aromatic heterocycles. The van der Waals surface area contributed by atoms with Gasteiger partial charge in [-0.05, 0) is 6.92 Å². The summed E-state index contributed by atoms with van der Waals surface area (Å²) in [5.74, 6) is -3.36. The summed E-state index contributed by atoms with van der Waals surface area (Å²) in [5, 5.41) is -0.327. The molecule has 0 aliphatic carbocycles. The van der Waals surface area contributed by atoms with Crippen LogP contribution in [0, 0.1) is 5.82 Å². The van der Waals surface area contributed by atoms with E-state index in [0.29, 0.717) is 0 Å². The average molecular weight is 275 g/mol. The fraction of sp³-hybridized carbons (Fsp3) is 0.273. The van der Waals surface area contributed by atoms with Gasteiger partial charge in [0.25, 0.3) is 5.78 Å². The molecule has 7 heteroatoms. The van der Waals surface area contributed by atoms with Gasteiger partial charge in [0.2, 0.25) is 6.79 Å². The van der Waals surface area contributed by atoms with Crippen LogP contribution in [0.3, 0.4) is 0 Å². The van der Waals surface area contributed by atoms with E-state index in [4.69, 9.17) is 21.1 Å². The summed E-state index contributed by atoms with van der Waals surface area (Å²) >= 11 is 5.61. The average Bonchev–Trinajstić information content (AvgIpc) is 2.77. The zero-order valence-corrected chi connectivity index (χ0v) is 10.0. The Morgan fingerprint density at radius 1 is 1.50 bits per heavy atom. The third-order valence-electron chi connectivity index (χ3n) is 2.24. The molecule has 0 bridgehead atoms. The molecule has 0 fully saturated rings. The van der Waals surface area contributed by atoms with Crippen LogP contribution in [0.25, 0.3) is 0 Å². The second-order valence-electron chi connectivity index (χ2n) is 3.33. The summed E-state index contributed by atoms with van der Waals surface area (Å²) < 4.78 is 28.3. The van der Waals surface area contributed by atoms with Crippen molar-refractivity contribution in [3.63, 3.8) is 0 Å². The van der Waals surface area contributed by atoms with Crippen LogP contribution in [0.2, 0.25) is 5.02 Å². The van der Waals surface area contributed by atoms with E-state index in [1.165, 1.54) is 13.0 Å². The van der Waals surface area contributed by atoms with Gasteiger partial charge in [-0.3, -0.25) is 4.79 Å². The molecule has 2 rings (SSSR count). The number of halogens is 2. The zero-order chi connectivity index (χ0) is 13.3. The number of ether oxygens (including phenoxy) is 3. The minimum Gasteiger partial charge on any atom is -0.460 e. The van der Waals surface area contributed by atoms with Crippen molar-refractivity contribution in [1.29, 1.82) is 0 Å². The summed E-state index contributed by atoms with van der Waals surface area (Å²) in [4.78, 5) is 23.1. The van der Waals surface area contributed by atoms with Crippen LogP contribution in [-0.4, -0.2) is 25.2 Å². The summed E-state index contributed by atoms with van der Waals surface area (Å²) in [5.41, 5.74) is -0.562. The molecule has 0 saturated heterocycles. The Bertz CT molecular complexity index is 529. The summed E-state index contributed by atoms with van der Waals surface area (Å²) in [7, 11) is 0. The molecule has 1 aliphatic heterocycles. The Labute approximate surface area is 106 Å². The third kappa shape index (κ3) is 1.99. The Morgan fingerprint density at radius 3 is 2.89 bits per heavy atom. The normalized spacial score (nSPS) is 12.4. The zero-order valence-electron chi connectivity index (χ0n) is 9.29. The SMILES string of the molecule is CCOC(=O)C(=O)c1c(F)c(Cl)cc2c1OCO2. The lowest BCUT2D eigenvalue weighted by Crippen LogP contribution is -2.19. The topological polar surface area (TPSA) is 61.8 Å². The van der Waals surface area contributed by atoms with E-state index < -0.39 is 23.1 Å². The van der Waals surface area contributed by atoms with E-state index in [-0.39, 0.29) is 29.9 Å². The highest BCUT2D eigenvalue weighted by molar-refractivity contribution is 6.42. The number of rotatable bonds is 3. The predicted octanol–water partition coefficient (Wildman–Crippen LogP) is 1.95. The van der Waals surface area contributed by atoms with E-state index >= 15 is 0 Å². The van der Waals surface area contributed by atoms with Gasteiger partial charge in [-0.15, -0.1) is 0 Å². The number of ketones is 1. The lowest BCUT2D eigenvalue weighted by atomic mass is 10.1. The van der Waals surface area contributed by atoms with Gasteiger partial charge >= 0.3 is 5.97 Å². The molecule has 0 N–H and O–H groups in total. The molecule has 0 atom stereocenters. The van der Waals surface area contributed by atoms with Crippen molar-refractivity contribution in [1.82, 2.24) is 0 Å². The number of carbonyl (C=O) groups is 2. The number of esters is 1. The summed E-state index contributed by atoms with van der Waals surface area (Å²) in [6.07, 6.45) is 0. The largest absolute Gasteiger partial charge is 0.460 e. The van der Waals surface area contributed by atoms with Crippen molar-refractivity contribution < 1.29 is 28.2 Å². The molecule has 18 heavy (non-hydrogen) atoms. The molecule has 96 valence electrons. The third-order valence-corrected chi connectivity index (χ3v) is 2.52. The fourth-order valence-electron chi connectivity index (χ4n) is 1.49. The maximum atomic E-state index is 13.8. The molecule has 1 aromatic carbocycles. The van der Waals surface area contributed by atoms with Crippen molar-refractivity contribution in [2.75, 3.05) is 13.4 Å². The van der Waals surface area contributed by atoms with Crippen molar-refractivity contribution in [3.05, 3.63) is 22.5 Å². The van der Waals surface area contributed by atoms with Crippen LogP contribution >= 0.6 is 11.6 Å². The predicted molar refractivity (Wildman–Crippen MR) is 58.5 cm³/mol. The molecular weight excluding hydrogens is 267 g/mol. The van der Waals surface area contributed by atoms with Gasteiger partial charge < -0.3 is 14.2 Å². The van der Waals surface area contributed by atoms with Crippen LogP contribution < -0.4 is 9.47 Å². The van der Waals surface area contributed by atoms with Gasteiger partial charge in [0.15, 0.2) is 17.3 Å². The van der Waals surface area contributed by atoms with Crippen LogP contribution in [0.5, 0.6) is 11.5 Å². The Hall–Kier alpha value is -1.82. The fourth-order valence-corrected chi connectivity index (χ4v) is 1.68. The molecule has 1 aliphatic rings. The quantitative estimate of drug-likeness (QED) is 0.479. The minimum absolute atomic E-state index is 0.00626. The second-order valence-corrected chi connectivity index (χ2v) is 3.74. The molecule has 0 spiro atoms. The molecule has 0 radical (unpaired) electrons. The first-order chi connectivity index (χ1) is 8.56. The lowest BCUT2D eigenvalue weighted by Gasteiger charge is -2.07. The number of benzene rings is 1. The molecular formula is C11H8ClFO5. The number of hydrogen-bond acceptors (Lipinski definition) is 5. The Morgan fingerprint density at radius 2 is 2.22 bits per heavy atom. The maximum absolute atomic E-state index is 13.8. The van der Waals surface area contributed by atoms with E-state index in [0.717, 1.165) is 0 Å². The highest BCUT2D eigenvalue weighted by Crippen LogP contribution is 2.40.